The van der Waals surface area contributed by atoms with Crippen molar-refractivity contribution < 1.29 is 14.3 Å². The Morgan fingerprint density at radius 2 is 2.22 bits per heavy atom. The minimum absolute atomic E-state index is 0.120. The lowest BCUT2D eigenvalue weighted by Gasteiger charge is -2.17. The van der Waals surface area contributed by atoms with Crippen LogP contribution < -0.4 is 5.32 Å². The van der Waals surface area contributed by atoms with Crippen molar-refractivity contribution in [2.75, 3.05) is 27.2 Å². The lowest BCUT2D eigenvalue weighted by molar-refractivity contribution is 0.0696. The van der Waals surface area contributed by atoms with E-state index in [1.807, 2.05) is 19.0 Å². The van der Waals surface area contributed by atoms with E-state index in [0.717, 1.165) is 19.5 Å². The smallest absolute Gasteiger partial charge is 0.335 e. The van der Waals surface area contributed by atoms with Crippen LogP contribution >= 0.6 is 0 Å². The maximum absolute atomic E-state index is 13.5. The highest BCUT2D eigenvalue weighted by atomic mass is 19.1. The van der Waals surface area contributed by atoms with Gasteiger partial charge in [0, 0.05) is 12.1 Å². The van der Waals surface area contributed by atoms with E-state index in [0.29, 0.717) is 12.1 Å². The molecule has 0 aliphatic rings. The Morgan fingerprint density at radius 1 is 1.50 bits per heavy atom. The van der Waals surface area contributed by atoms with Crippen LogP contribution in [0.25, 0.3) is 0 Å². The van der Waals surface area contributed by atoms with Gasteiger partial charge in [-0.05, 0) is 51.8 Å². The van der Waals surface area contributed by atoms with Crippen LogP contribution in [0.1, 0.15) is 22.3 Å². The normalized spacial score (nSPS) is 10.9. The van der Waals surface area contributed by atoms with Gasteiger partial charge in [-0.25, -0.2) is 9.18 Å². The van der Waals surface area contributed by atoms with Gasteiger partial charge in [0.25, 0.3) is 0 Å². The van der Waals surface area contributed by atoms with Crippen molar-refractivity contribution in [2.45, 2.75) is 13.0 Å². The molecule has 0 saturated carbocycles. The quantitative estimate of drug-likeness (QED) is 0.725. The minimum Gasteiger partial charge on any atom is -0.478 e. The van der Waals surface area contributed by atoms with Crippen molar-refractivity contribution in [3.63, 3.8) is 0 Å². The van der Waals surface area contributed by atoms with E-state index in [1.54, 1.807) is 0 Å². The second-order valence-corrected chi connectivity index (χ2v) is 4.31. The van der Waals surface area contributed by atoms with Crippen molar-refractivity contribution in [2.24, 2.45) is 0 Å². The van der Waals surface area contributed by atoms with Gasteiger partial charge in [0.05, 0.1) is 5.56 Å². The molecule has 0 atom stereocenters. The molecule has 0 aliphatic carbocycles. The predicted octanol–water partition coefficient (Wildman–Crippen LogP) is 1.57. The van der Waals surface area contributed by atoms with Crippen LogP contribution in [0.2, 0.25) is 0 Å². The Kier molecular flexibility index (Phi) is 5.74. The van der Waals surface area contributed by atoms with Gasteiger partial charge in [-0.1, -0.05) is 0 Å². The summed E-state index contributed by atoms with van der Waals surface area (Å²) in [4.78, 5) is 12.8. The average Bonchev–Trinajstić information content (AvgIpc) is 2.32. The largest absolute Gasteiger partial charge is 0.478 e. The Labute approximate surface area is 106 Å². The average molecular weight is 254 g/mol. The summed E-state index contributed by atoms with van der Waals surface area (Å²) in [6, 6.07) is 3.88. The minimum atomic E-state index is -1.03. The van der Waals surface area contributed by atoms with Crippen molar-refractivity contribution in [1.82, 2.24) is 10.2 Å². The topological polar surface area (TPSA) is 52.6 Å². The van der Waals surface area contributed by atoms with Crippen molar-refractivity contribution in [3.05, 3.63) is 35.1 Å². The van der Waals surface area contributed by atoms with Gasteiger partial charge in [-0.15, -0.1) is 0 Å². The number of halogens is 1. The zero-order valence-corrected chi connectivity index (χ0v) is 10.7. The van der Waals surface area contributed by atoms with Gasteiger partial charge in [-0.3, -0.25) is 0 Å². The van der Waals surface area contributed by atoms with Crippen molar-refractivity contribution in [1.29, 1.82) is 0 Å². The van der Waals surface area contributed by atoms with Crippen molar-refractivity contribution in [3.8, 4) is 0 Å². The zero-order valence-electron chi connectivity index (χ0n) is 10.7. The molecular weight excluding hydrogens is 235 g/mol. The van der Waals surface area contributed by atoms with Crippen molar-refractivity contribution >= 4 is 5.97 Å². The second-order valence-electron chi connectivity index (χ2n) is 4.31. The highest BCUT2D eigenvalue weighted by Crippen LogP contribution is 2.13. The van der Waals surface area contributed by atoms with Crippen LogP contribution in [-0.4, -0.2) is 43.2 Å². The molecule has 2 N–H and O–H groups in total. The summed E-state index contributed by atoms with van der Waals surface area (Å²) in [5, 5.41) is 11.9. The molecule has 18 heavy (non-hydrogen) atoms. The third-order valence-electron chi connectivity index (χ3n) is 2.70. The van der Waals surface area contributed by atoms with E-state index in [4.69, 9.17) is 5.11 Å². The molecule has 1 aromatic carbocycles. The van der Waals surface area contributed by atoms with E-state index in [1.165, 1.54) is 18.2 Å². The number of rotatable bonds is 7. The Balaban J connectivity index is 2.65. The highest BCUT2D eigenvalue weighted by Gasteiger charge is 2.10. The first-order valence-electron chi connectivity index (χ1n) is 5.89. The summed E-state index contributed by atoms with van der Waals surface area (Å²) in [6.07, 6.45) is 0.966. The number of aromatic carboxylic acids is 1. The van der Waals surface area contributed by atoms with Gasteiger partial charge in [-0.2, -0.15) is 0 Å². The molecular formula is C13H19FN2O2. The molecule has 0 amide bonds. The van der Waals surface area contributed by atoms with Gasteiger partial charge in [0.15, 0.2) is 0 Å². The molecule has 0 aliphatic heterocycles. The van der Waals surface area contributed by atoms with Gasteiger partial charge in [0.1, 0.15) is 5.82 Å². The van der Waals surface area contributed by atoms with Crippen LogP contribution in [0.3, 0.4) is 0 Å². The molecule has 0 radical (unpaired) electrons. The number of hydrogen-bond acceptors (Lipinski definition) is 3. The summed E-state index contributed by atoms with van der Waals surface area (Å²) in [5.74, 6) is -1.39. The lowest BCUT2D eigenvalue weighted by atomic mass is 10.1. The molecule has 0 saturated heterocycles. The molecule has 0 spiro atoms. The molecule has 1 rings (SSSR count). The summed E-state index contributed by atoms with van der Waals surface area (Å²) in [6.45, 7) is 2.15. The van der Waals surface area contributed by atoms with Crippen LogP contribution in [0.4, 0.5) is 4.39 Å². The van der Waals surface area contributed by atoms with Crippen LogP contribution in [0.5, 0.6) is 0 Å². The van der Waals surface area contributed by atoms with Crippen LogP contribution in [0.15, 0.2) is 18.2 Å². The number of nitrogens with one attached hydrogen (secondary N) is 1. The van der Waals surface area contributed by atoms with E-state index in [-0.39, 0.29) is 11.4 Å². The highest BCUT2D eigenvalue weighted by molar-refractivity contribution is 5.87. The molecule has 0 unspecified atom stereocenters. The van der Waals surface area contributed by atoms with Gasteiger partial charge >= 0.3 is 5.97 Å². The summed E-state index contributed by atoms with van der Waals surface area (Å²) in [5.41, 5.74) is 0.539. The Bertz CT molecular complexity index is 410. The fourth-order valence-corrected chi connectivity index (χ4v) is 1.72. The molecule has 0 aromatic heterocycles. The van der Waals surface area contributed by atoms with E-state index >= 15 is 0 Å². The summed E-state index contributed by atoms with van der Waals surface area (Å²) < 4.78 is 13.5. The van der Waals surface area contributed by atoms with Crippen LogP contribution in [0, 0.1) is 5.82 Å². The number of carbonyl (C=O) groups is 1. The van der Waals surface area contributed by atoms with Crippen LogP contribution in [-0.2, 0) is 6.54 Å². The number of hydrogen-bond donors (Lipinski definition) is 2. The monoisotopic (exact) mass is 254 g/mol. The van der Waals surface area contributed by atoms with Gasteiger partial charge < -0.3 is 15.3 Å². The van der Waals surface area contributed by atoms with E-state index in [2.05, 4.69) is 5.32 Å². The lowest BCUT2D eigenvalue weighted by Crippen LogP contribution is -2.23. The van der Waals surface area contributed by atoms with Gasteiger partial charge in [0.2, 0.25) is 0 Å². The fraction of sp³-hybridized carbons (Fsp3) is 0.462. The first-order valence-corrected chi connectivity index (χ1v) is 5.89. The molecule has 0 fully saturated rings. The molecule has 100 valence electrons. The summed E-state index contributed by atoms with van der Waals surface area (Å²) >= 11 is 0. The number of nitrogens with zero attached hydrogens (tertiary/aromatic N) is 1. The fourth-order valence-electron chi connectivity index (χ4n) is 1.72. The third-order valence-corrected chi connectivity index (χ3v) is 2.70. The molecule has 0 heterocycles. The Hall–Kier alpha value is -1.46. The molecule has 5 heteroatoms. The van der Waals surface area contributed by atoms with E-state index in [9.17, 15) is 9.18 Å². The molecule has 1 aromatic rings. The predicted molar refractivity (Wildman–Crippen MR) is 68.2 cm³/mol. The number of carboxylic acids is 1. The zero-order chi connectivity index (χ0) is 13.5. The Morgan fingerprint density at radius 3 is 2.83 bits per heavy atom. The first kappa shape index (κ1) is 14.6. The van der Waals surface area contributed by atoms with E-state index < -0.39 is 5.97 Å². The maximum atomic E-state index is 13.5. The second kappa shape index (κ2) is 7.08. The maximum Gasteiger partial charge on any atom is 0.335 e. The summed E-state index contributed by atoms with van der Waals surface area (Å²) in [7, 11) is 3.78. The number of carboxylic acid groups (broad SMARTS) is 1. The third kappa shape index (κ3) is 4.43. The number of benzene rings is 1. The molecule has 0 bridgehead atoms. The first-order chi connectivity index (χ1) is 8.54. The molecule has 4 nitrogen and oxygen atoms in total. The standard InChI is InChI=1S/C13H19FN2O2/c1-15-6-3-7-16(2)9-11-8-10(13(17)18)4-5-12(11)14/h4-5,8,15H,3,6-7,9H2,1-2H3,(H,17,18). The SMILES string of the molecule is CNCCCN(C)Cc1cc(C(=O)O)ccc1F.